The topological polar surface area (TPSA) is 49.6 Å². The molecule has 3 rings (SSSR count). The summed E-state index contributed by atoms with van der Waals surface area (Å²) in [6.45, 7) is 6.00. The molecule has 1 unspecified atom stereocenters. The summed E-state index contributed by atoms with van der Waals surface area (Å²) in [6, 6.07) is 7.86. The van der Waals surface area contributed by atoms with E-state index in [9.17, 15) is 4.79 Å². The van der Waals surface area contributed by atoms with E-state index in [1.165, 1.54) is 12.8 Å². The summed E-state index contributed by atoms with van der Waals surface area (Å²) in [5.41, 5.74) is 1.56. The molecule has 1 saturated heterocycles. The van der Waals surface area contributed by atoms with E-state index in [0.717, 1.165) is 37.5 Å². The van der Waals surface area contributed by atoms with E-state index in [1.54, 1.807) is 16.7 Å². The van der Waals surface area contributed by atoms with Gasteiger partial charge in [-0.2, -0.15) is 0 Å². The molecule has 112 valence electrons. The molecule has 1 N–H and O–H groups in total. The Kier molecular flexibility index (Phi) is 4.31. The zero-order valence-electron chi connectivity index (χ0n) is 12.5. The molecule has 2 aromatic rings. The highest BCUT2D eigenvalue weighted by Gasteiger charge is 2.17. The third kappa shape index (κ3) is 3.31. The van der Waals surface area contributed by atoms with Crippen molar-refractivity contribution in [2.75, 3.05) is 19.6 Å². The lowest BCUT2D eigenvalue weighted by molar-refractivity contribution is 0.251. The lowest BCUT2D eigenvalue weighted by Crippen LogP contribution is -2.37. The Labute approximate surface area is 124 Å². The first-order chi connectivity index (χ1) is 10.3. The monoisotopic (exact) mass is 286 g/mol. The molecule has 1 atom stereocenters. The van der Waals surface area contributed by atoms with Gasteiger partial charge in [0.15, 0.2) is 0 Å². The van der Waals surface area contributed by atoms with Crippen LogP contribution in [0.4, 0.5) is 0 Å². The van der Waals surface area contributed by atoms with Crippen molar-refractivity contribution in [2.24, 2.45) is 0 Å². The van der Waals surface area contributed by atoms with Gasteiger partial charge in [0.05, 0.1) is 5.69 Å². The Bertz CT molecular complexity index is 661. The van der Waals surface area contributed by atoms with Crippen molar-refractivity contribution < 1.29 is 0 Å². The van der Waals surface area contributed by atoms with E-state index in [2.05, 4.69) is 22.1 Å². The van der Waals surface area contributed by atoms with Crippen LogP contribution in [0.5, 0.6) is 0 Å². The summed E-state index contributed by atoms with van der Waals surface area (Å²) >= 11 is 0. The number of nitrogens with one attached hydrogen (secondary N) is 1. The highest BCUT2D eigenvalue weighted by Crippen LogP contribution is 2.09. The molecule has 0 spiro atoms. The van der Waals surface area contributed by atoms with E-state index in [1.807, 2.05) is 18.2 Å². The normalized spacial score (nSPS) is 18.7. The van der Waals surface area contributed by atoms with Crippen LogP contribution in [-0.2, 0) is 6.54 Å². The SMILES string of the molecule is CCN(Cc1cc(=O)n2ccccc2n1)CC1CCCN1. The second-order valence-electron chi connectivity index (χ2n) is 5.64. The molecule has 0 radical (unpaired) electrons. The summed E-state index contributed by atoms with van der Waals surface area (Å²) in [7, 11) is 0. The minimum absolute atomic E-state index is 0.00866. The number of likely N-dealkylation sites (N-methyl/N-ethyl adjacent to an activating group) is 1. The minimum atomic E-state index is -0.00866. The second kappa shape index (κ2) is 6.37. The van der Waals surface area contributed by atoms with Gasteiger partial charge in [-0.15, -0.1) is 0 Å². The molecular weight excluding hydrogens is 264 g/mol. The van der Waals surface area contributed by atoms with E-state index < -0.39 is 0 Å². The molecule has 0 aromatic carbocycles. The van der Waals surface area contributed by atoms with Gasteiger partial charge in [0.1, 0.15) is 5.65 Å². The zero-order valence-corrected chi connectivity index (χ0v) is 12.5. The highest BCUT2D eigenvalue weighted by molar-refractivity contribution is 5.37. The fourth-order valence-electron chi connectivity index (χ4n) is 2.94. The second-order valence-corrected chi connectivity index (χ2v) is 5.64. The predicted octanol–water partition coefficient (Wildman–Crippen LogP) is 1.27. The number of nitrogens with zero attached hydrogens (tertiary/aromatic N) is 3. The van der Waals surface area contributed by atoms with Crippen molar-refractivity contribution in [3.05, 3.63) is 46.5 Å². The quantitative estimate of drug-likeness (QED) is 0.899. The Hall–Kier alpha value is -1.72. The third-order valence-corrected chi connectivity index (χ3v) is 4.10. The van der Waals surface area contributed by atoms with Crippen LogP contribution in [0, 0.1) is 0 Å². The van der Waals surface area contributed by atoms with Gasteiger partial charge in [0, 0.05) is 31.4 Å². The van der Waals surface area contributed by atoms with E-state index in [-0.39, 0.29) is 5.56 Å². The van der Waals surface area contributed by atoms with Crippen LogP contribution in [0.1, 0.15) is 25.5 Å². The molecule has 1 aliphatic rings. The van der Waals surface area contributed by atoms with E-state index in [0.29, 0.717) is 6.04 Å². The fraction of sp³-hybridized carbons (Fsp3) is 0.500. The lowest BCUT2D eigenvalue weighted by atomic mass is 10.2. The predicted molar refractivity (Wildman–Crippen MR) is 83.4 cm³/mol. The maximum Gasteiger partial charge on any atom is 0.258 e. The van der Waals surface area contributed by atoms with Crippen LogP contribution in [0.15, 0.2) is 35.3 Å². The van der Waals surface area contributed by atoms with Crippen LogP contribution in [0.3, 0.4) is 0 Å². The van der Waals surface area contributed by atoms with Gasteiger partial charge in [-0.1, -0.05) is 13.0 Å². The van der Waals surface area contributed by atoms with Gasteiger partial charge in [-0.25, -0.2) is 4.98 Å². The van der Waals surface area contributed by atoms with Crippen molar-refractivity contribution in [1.29, 1.82) is 0 Å². The number of pyridine rings is 1. The van der Waals surface area contributed by atoms with Crippen molar-refractivity contribution in [3.63, 3.8) is 0 Å². The molecule has 3 heterocycles. The number of hydrogen-bond acceptors (Lipinski definition) is 4. The molecule has 0 saturated carbocycles. The van der Waals surface area contributed by atoms with E-state index in [4.69, 9.17) is 0 Å². The summed E-state index contributed by atoms with van der Waals surface area (Å²) in [4.78, 5) is 19.1. The summed E-state index contributed by atoms with van der Waals surface area (Å²) < 4.78 is 1.58. The molecule has 5 nitrogen and oxygen atoms in total. The molecule has 1 fully saturated rings. The van der Waals surface area contributed by atoms with Crippen LogP contribution in [0.25, 0.3) is 5.65 Å². The van der Waals surface area contributed by atoms with E-state index >= 15 is 0 Å². The van der Waals surface area contributed by atoms with Gasteiger partial charge in [0.2, 0.25) is 0 Å². The van der Waals surface area contributed by atoms with Crippen LogP contribution >= 0.6 is 0 Å². The number of hydrogen-bond donors (Lipinski definition) is 1. The Morgan fingerprint density at radius 1 is 1.48 bits per heavy atom. The fourth-order valence-corrected chi connectivity index (χ4v) is 2.94. The molecule has 2 aromatic heterocycles. The van der Waals surface area contributed by atoms with Crippen molar-refractivity contribution in [2.45, 2.75) is 32.4 Å². The standard InChI is InChI=1S/C16H22N4O/c1-2-19(11-13-6-5-8-17-13)12-14-10-16(21)20-9-4-3-7-15(20)18-14/h3-4,7,9-10,13,17H,2,5-6,8,11-12H2,1H3. The van der Waals surface area contributed by atoms with Crippen molar-refractivity contribution in [1.82, 2.24) is 19.6 Å². The smallest absolute Gasteiger partial charge is 0.258 e. The first kappa shape index (κ1) is 14.2. The average Bonchev–Trinajstić information content (AvgIpc) is 2.99. The third-order valence-electron chi connectivity index (χ3n) is 4.10. The van der Waals surface area contributed by atoms with Gasteiger partial charge in [0.25, 0.3) is 5.56 Å². The minimum Gasteiger partial charge on any atom is -0.313 e. The summed E-state index contributed by atoms with van der Waals surface area (Å²) in [6.07, 6.45) is 4.26. The Balaban J connectivity index is 1.77. The van der Waals surface area contributed by atoms with Crippen LogP contribution in [-0.4, -0.2) is 40.0 Å². The average molecular weight is 286 g/mol. The molecule has 0 amide bonds. The van der Waals surface area contributed by atoms with Gasteiger partial charge in [-0.3, -0.25) is 14.1 Å². The largest absolute Gasteiger partial charge is 0.313 e. The van der Waals surface area contributed by atoms with Gasteiger partial charge in [-0.05, 0) is 38.1 Å². The lowest BCUT2D eigenvalue weighted by Gasteiger charge is -2.23. The number of aromatic nitrogens is 2. The van der Waals surface area contributed by atoms with Crippen molar-refractivity contribution >= 4 is 5.65 Å². The first-order valence-electron chi connectivity index (χ1n) is 7.69. The number of rotatable bonds is 5. The molecule has 21 heavy (non-hydrogen) atoms. The van der Waals surface area contributed by atoms with Crippen LogP contribution < -0.4 is 10.9 Å². The molecule has 0 aliphatic carbocycles. The van der Waals surface area contributed by atoms with Crippen LogP contribution in [0.2, 0.25) is 0 Å². The zero-order chi connectivity index (χ0) is 14.7. The molecule has 5 heteroatoms. The first-order valence-corrected chi connectivity index (χ1v) is 7.69. The summed E-state index contributed by atoms with van der Waals surface area (Å²) in [5, 5.41) is 3.52. The molecular formula is C16H22N4O. The van der Waals surface area contributed by atoms with Crippen molar-refractivity contribution in [3.8, 4) is 0 Å². The maximum absolute atomic E-state index is 12.1. The molecule has 0 bridgehead atoms. The Morgan fingerprint density at radius 2 is 2.38 bits per heavy atom. The Morgan fingerprint density at radius 3 is 3.14 bits per heavy atom. The molecule has 1 aliphatic heterocycles. The van der Waals surface area contributed by atoms with Gasteiger partial charge < -0.3 is 5.32 Å². The summed E-state index contributed by atoms with van der Waals surface area (Å²) in [5.74, 6) is 0. The maximum atomic E-state index is 12.1. The van der Waals surface area contributed by atoms with Gasteiger partial charge >= 0.3 is 0 Å². The number of fused-ring (bicyclic) bond motifs is 1. The highest BCUT2D eigenvalue weighted by atomic mass is 16.1.